The fraction of sp³-hybridized carbons (Fsp3) is 0.500. The van der Waals surface area contributed by atoms with Gasteiger partial charge in [0.05, 0.1) is 12.3 Å². The third-order valence-corrected chi connectivity index (χ3v) is 4.91. The molecule has 126 valence electrons. The van der Waals surface area contributed by atoms with E-state index >= 15 is 0 Å². The van der Waals surface area contributed by atoms with Crippen LogP contribution in [0.3, 0.4) is 0 Å². The molecule has 0 spiro atoms. The maximum absolute atomic E-state index is 12.9. The molecule has 2 aromatic heterocycles. The zero-order chi connectivity index (χ0) is 16.6. The average molecular weight is 332 g/mol. The fourth-order valence-corrected chi connectivity index (χ4v) is 3.60. The maximum Gasteiger partial charge on any atom is 0.308 e. The number of amides is 1. The van der Waals surface area contributed by atoms with Crippen LogP contribution in [0, 0.1) is 11.2 Å². The molecular formula is C16H17FN4O3. The van der Waals surface area contributed by atoms with Crippen LogP contribution < -0.4 is 5.32 Å². The van der Waals surface area contributed by atoms with Gasteiger partial charge in [-0.15, -0.1) is 10.2 Å². The molecule has 1 amide bonds. The van der Waals surface area contributed by atoms with Crippen LogP contribution in [0.2, 0.25) is 0 Å². The Bertz CT molecular complexity index is 736. The molecule has 2 atom stereocenters. The SMILES string of the molecule is O=C(NC[C@]12CCC[C@H]1OCC2)c1nnc(-c2ccc(F)cn2)o1. The third kappa shape index (κ3) is 2.66. The van der Waals surface area contributed by atoms with E-state index in [1.54, 1.807) is 0 Å². The van der Waals surface area contributed by atoms with E-state index in [9.17, 15) is 9.18 Å². The monoisotopic (exact) mass is 332 g/mol. The minimum atomic E-state index is -0.458. The zero-order valence-electron chi connectivity index (χ0n) is 13.0. The van der Waals surface area contributed by atoms with Crippen LogP contribution in [0.1, 0.15) is 36.4 Å². The Morgan fingerprint density at radius 1 is 1.38 bits per heavy atom. The molecule has 4 rings (SSSR count). The summed E-state index contributed by atoms with van der Waals surface area (Å²) in [6.07, 6.45) is 5.50. The van der Waals surface area contributed by atoms with Gasteiger partial charge in [-0.1, -0.05) is 6.42 Å². The number of pyridine rings is 1. The number of halogens is 1. The highest BCUT2D eigenvalue weighted by molar-refractivity contribution is 5.89. The largest absolute Gasteiger partial charge is 0.411 e. The Balaban J connectivity index is 1.43. The number of carbonyl (C=O) groups excluding carboxylic acids is 1. The lowest BCUT2D eigenvalue weighted by Crippen LogP contribution is -2.39. The number of carbonyl (C=O) groups is 1. The summed E-state index contributed by atoms with van der Waals surface area (Å²) in [6.45, 7) is 1.30. The van der Waals surface area contributed by atoms with E-state index in [1.165, 1.54) is 12.1 Å². The molecule has 1 aliphatic carbocycles. The smallest absolute Gasteiger partial charge is 0.308 e. The van der Waals surface area contributed by atoms with E-state index in [0.29, 0.717) is 12.2 Å². The summed E-state index contributed by atoms with van der Waals surface area (Å²) in [5, 5.41) is 10.4. The summed E-state index contributed by atoms with van der Waals surface area (Å²) in [5.74, 6) is -0.912. The highest BCUT2D eigenvalue weighted by Gasteiger charge is 2.47. The normalized spacial score (nSPS) is 25.6. The maximum atomic E-state index is 12.9. The molecule has 0 aromatic carbocycles. The Morgan fingerprint density at radius 3 is 3.12 bits per heavy atom. The van der Waals surface area contributed by atoms with Crippen molar-refractivity contribution in [2.45, 2.75) is 31.8 Å². The van der Waals surface area contributed by atoms with Gasteiger partial charge in [-0.25, -0.2) is 9.37 Å². The van der Waals surface area contributed by atoms with Crippen LogP contribution in [0.15, 0.2) is 22.7 Å². The summed E-state index contributed by atoms with van der Waals surface area (Å²) < 4.78 is 24.0. The third-order valence-electron chi connectivity index (χ3n) is 4.91. The predicted octanol–water partition coefficient (Wildman–Crippen LogP) is 1.96. The molecule has 8 heteroatoms. The lowest BCUT2D eigenvalue weighted by atomic mass is 9.83. The molecule has 1 saturated carbocycles. The number of hydrogen-bond acceptors (Lipinski definition) is 6. The van der Waals surface area contributed by atoms with E-state index in [4.69, 9.17) is 9.15 Å². The molecule has 2 fully saturated rings. The lowest BCUT2D eigenvalue weighted by Gasteiger charge is -2.27. The van der Waals surface area contributed by atoms with Crippen molar-refractivity contribution in [1.82, 2.24) is 20.5 Å². The molecule has 1 aliphatic heterocycles. The number of hydrogen-bond donors (Lipinski definition) is 1. The van der Waals surface area contributed by atoms with Crippen LogP contribution in [-0.2, 0) is 4.74 Å². The van der Waals surface area contributed by atoms with E-state index < -0.39 is 11.7 Å². The fourth-order valence-electron chi connectivity index (χ4n) is 3.60. The molecule has 0 radical (unpaired) electrons. The van der Waals surface area contributed by atoms with Gasteiger partial charge in [-0.3, -0.25) is 4.79 Å². The molecule has 7 nitrogen and oxygen atoms in total. The van der Waals surface area contributed by atoms with Crippen molar-refractivity contribution in [2.24, 2.45) is 5.41 Å². The molecule has 0 unspecified atom stereocenters. The van der Waals surface area contributed by atoms with E-state index in [1.807, 2.05) is 0 Å². The van der Waals surface area contributed by atoms with E-state index in [-0.39, 0.29) is 23.3 Å². The van der Waals surface area contributed by atoms with Gasteiger partial charge in [0.2, 0.25) is 0 Å². The van der Waals surface area contributed by atoms with Crippen LogP contribution in [0.4, 0.5) is 4.39 Å². The highest BCUT2D eigenvalue weighted by atomic mass is 19.1. The highest BCUT2D eigenvalue weighted by Crippen LogP contribution is 2.46. The van der Waals surface area contributed by atoms with Crippen LogP contribution in [0.5, 0.6) is 0 Å². The first-order valence-corrected chi connectivity index (χ1v) is 8.02. The van der Waals surface area contributed by atoms with Crippen molar-refractivity contribution in [3.63, 3.8) is 0 Å². The van der Waals surface area contributed by atoms with Crippen molar-refractivity contribution in [2.75, 3.05) is 13.2 Å². The van der Waals surface area contributed by atoms with Crippen LogP contribution >= 0.6 is 0 Å². The summed E-state index contributed by atoms with van der Waals surface area (Å²) in [6, 6.07) is 2.66. The van der Waals surface area contributed by atoms with Crippen LogP contribution in [-0.4, -0.2) is 40.3 Å². The van der Waals surface area contributed by atoms with Gasteiger partial charge in [-0.2, -0.15) is 0 Å². The Hall–Kier alpha value is -2.35. The van der Waals surface area contributed by atoms with Gasteiger partial charge < -0.3 is 14.5 Å². The number of rotatable bonds is 4. The lowest BCUT2D eigenvalue weighted by molar-refractivity contribution is 0.0661. The van der Waals surface area contributed by atoms with Crippen molar-refractivity contribution < 1.29 is 18.3 Å². The molecule has 1 saturated heterocycles. The molecule has 2 aliphatic rings. The van der Waals surface area contributed by atoms with Gasteiger partial charge in [0.15, 0.2) is 0 Å². The topological polar surface area (TPSA) is 90.1 Å². The summed E-state index contributed by atoms with van der Waals surface area (Å²) in [4.78, 5) is 16.1. The van der Waals surface area contributed by atoms with E-state index in [2.05, 4.69) is 20.5 Å². The second-order valence-corrected chi connectivity index (χ2v) is 6.32. The van der Waals surface area contributed by atoms with Crippen molar-refractivity contribution in [3.05, 3.63) is 30.0 Å². The summed E-state index contributed by atoms with van der Waals surface area (Å²) in [5.41, 5.74) is 0.360. The Labute approximate surface area is 137 Å². The molecule has 2 aromatic rings. The first kappa shape index (κ1) is 15.2. The minimum Gasteiger partial charge on any atom is -0.411 e. The number of fused-ring (bicyclic) bond motifs is 1. The Kier molecular flexibility index (Phi) is 3.76. The molecule has 24 heavy (non-hydrogen) atoms. The predicted molar refractivity (Wildman–Crippen MR) is 80.5 cm³/mol. The Morgan fingerprint density at radius 2 is 2.29 bits per heavy atom. The number of aromatic nitrogens is 3. The molecular weight excluding hydrogens is 315 g/mol. The van der Waals surface area contributed by atoms with Gasteiger partial charge in [-0.05, 0) is 31.4 Å². The van der Waals surface area contributed by atoms with Gasteiger partial charge in [0, 0.05) is 18.6 Å². The standard InChI is InChI=1S/C16H17FN4O3/c17-10-3-4-11(18-8-10)14-20-21-15(24-14)13(22)19-9-16-5-1-2-12(16)23-7-6-16/h3-4,8,12H,1-2,5-7,9H2,(H,19,22)/t12-,16-/m1/s1. The number of nitrogens with one attached hydrogen (secondary N) is 1. The van der Waals surface area contributed by atoms with Gasteiger partial charge >= 0.3 is 11.8 Å². The molecule has 3 heterocycles. The first-order valence-electron chi connectivity index (χ1n) is 8.02. The van der Waals surface area contributed by atoms with Gasteiger partial charge in [0.25, 0.3) is 5.89 Å². The number of nitrogens with zero attached hydrogens (tertiary/aromatic N) is 3. The summed E-state index contributed by atoms with van der Waals surface area (Å²) in [7, 11) is 0. The van der Waals surface area contributed by atoms with Crippen molar-refractivity contribution >= 4 is 5.91 Å². The second kappa shape index (κ2) is 5.94. The van der Waals surface area contributed by atoms with Crippen LogP contribution in [0.25, 0.3) is 11.6 Å². The minimum absolute atomic E-state index is 0.0387. The average Bonchev–Trinajstić information content (AvgIpc) is 3.28. The van der Waals surface area contributed by atoms with Crippen molar-refractivity contribution in [1.29, 1.82) is 0 Å². The second-order valence-electron chi connectivity index (χ2n) is 6.32. The van der Waals surface area contributed by atoms with Gasteiger partial charge in [0.1, 0.15) is 11.5 Å². The van der Waals surface area contributed by atoms with E-state index in [0.717, 1.165) is 38.5 Å². The van der Waals surface area contributed by atoms with Crippen molar-refractivity contribution in [3.8, 4) is 11.6 Å². The quantitative estimate of drug-likeness (QED) is 0.920. The number of ether oxygens (including phenoxy) is 1. The summed E-state index contributed by atoms with van der Waals surface area (Å²) >= 11 is 0. The first-order chi connectivity index (χ1) is 11.7. The zero-order valence-corrected chi connectivity index (χ0v) is 13.0. The molecule has 0 bridgehead atoms. The molecule has 1 N–H and O–H groups in total.